The first-order chi connectivity index (χ1) is 19.1. The number of hydrogen-bond acceptors (Lipinski definition) is 6. The van der Waals surface area contributed by atoms with Crippen molar-refractivity contribution < 1.29 is 27.4 Å². The van der Waals surface area contributed by atoms with E-state index >= 15 is 0 Å². The molecule has 1 aromatic heterocycles. The summed E-state index contributed by atoms with van der Waals surface area (Å²) in [5, 5.41) is 7.99. The van der Waals surface area contributed by atoms with Crippen molar-refractivity contribution in [2.24, 2.45) is 0 Å². The number of thioether (sulfide) groups is 1. The molecule has 1 amide bonds. The molecule has 1 heterocycles. The summed E-state index contributed by atoms with van der Waals surface area (Å²) < 4.78 is 50.9. The lowest BCUT2D eigenvalue weighted by molar-refractivity contribution is -0.122. The number of carbonyl (C=O) groups excluding carboxylic acids is 1. The zero-order chi connectivity index (χ0) is 28.7. The monoisotopic (exact) mass is 569 g/mol. The van der Waals surface area contributed by atoms with Gasteiger partial charge in [-0.05, 0) is 85.4 Å². The van der Waals surface area contributed by atoms with Gasteiger partial charge in [-0.3, -0.25) is 9.78 Å². The highest BCUT2D eigenvalue weighted by molar-refractivity contribution is 8.00. The summed E-state index contributed by atoms with van der Waals surface area (Å²) in [7, 11) is 0. The molecule has 2 N–H and O–H groups in total. The molecule has 0 saturated heterocycles. The van der Waals surface area contributed by atoms with E-state index in [2.05, 4.69) is 15.6 Å². The Morgan fingerprint density at radius 1 is 1.00 bits per heavy atom. The van der Waals surface area contributed by atoms with Gasteiger partial charge in [-0.25, -0.2) is 0 Å². The van der Waals surface area contributed by atoms with Gasteiger partial charge in [0.2, 0.25) is 5.91 Å². The van der Waals surface area contributed by atoms with E-state index < -0.39 is 17.5 Å². The van der Waals surface area contributed by atoms with Crippen LogP contribution in [0, 0.1) is 0 Å². The normalized spacial score (nSPS) is 12.3. The molecule has 40 heavy (non-hydrogen) atoms. The van der Waals surface area contributed by atoms with Crippen LogP contribution in [0.5, 0.6) is 11.5 Å². The average molecular weight is 570 g/mol. The van der Waals surface area contributed by atoms with Gasteiger partial charge in [-0.1, -0.05) is 30.3 Å². The summed E-state index contributed by atoms with van der Waals surface area (Å²) in [6, 6.07) is 18.1. The summed E-state index contributed by atoms with van der Waals surface area (Å²) in [5.74, 6) is 0.627. The van der Waals surface area contributed by atoms with Gasteiger partial charge in [-0.2, -0.15) is 13.2 Å². The molecule has 0 spiro atoms. The van der Waals surface area contributed by atoms with E-state index in [4.69, 9.17) is 9.47 Å². The molecule has 1 unspecified atom stereocenters. The lowest BCUT2D eigenvalue weighted by atomic mass is 10.0. The van der Waals surface area contributed by atoms with Crippen LogP contribution < -0.4 is 20.1 Å². The Morgan fingerprint density at radius 3 is 2.55 bits per heavy atom. The van der Waals surface area contributed by atoms with E-state index in [9.17, 15) is 18.0 Å². The van der Waals surface area contributed by atoms with Gasteiger partial charge in [0.25, 0.3) is 0 Å². The average Bonchev–Trinajstić information content (AvgIpc) is 2.91. The Balaban J connectivity index is 1.65. The van der Waals surface area contributed by atoms with Crippen molar-refractivity contribution >= 4 is 34.1 Å². The second kappa shape index (κ2) is 13.0. The molecule has 10 heteroatoms. The highest BCUT2D eigenvalue weighted by Gasteiger charge is 2.30. The Bertz CT molecular complexity index is 1460. The number of rotatable bonds is 11. The van der Waals surface area contributed by atoms with Crippen LogP contribution in [0.2, 0.25) is 0 Å². The number of alkyl halides is 3. The number of fused-ring (bicyclic) bond motifs is 1. The zero-order valence-corrected chi connectivity index (χ0v) is 23.1. The number of carbonyl (C=O) groups is 1. The summed E-state index contributed by atoms with van der Waals surface area (Å²) in [5.41, 5.74) is -2.78. The molecule has 1 atom stereocenters. The first kappa shape index (κ1) is 29.1. The molecular weight excluding hydrogens is 539 g/mol. The Morgan fingerprint density at radius 2 is 1.80 bits per heavy atom. The summed E-state index contributed by atoms with van der Waals surface area (Å²) in [6.45, 7) is 5.99. The van der Waals surface area contributed by atoms with Crippen molar-refractivity contribution in [1.29, 1.82) is 0 Å². The summed E-state index contributed by atoms with van der Waals surface area (Å²) >= 11 is -0.201. The van der Waals surface area contributed by atoms with Crippen molar-refractivity contribution in [3.05, 3.63) is 90.3 Å². The van der Waals surface area contributed by atoms with E-state index in [-0.39, 0.29) is 29.3 Å². The lowest BCUT2D eigenvalue weighted by Crippen LogP contribution is -2.33. The van der Waals surface area contributed by atoms with Crippen molar-refractivity contribution in [2.45, 2.75) is 49.9 Å². The van der Waals surface area contributed by atoms with Crippen molar-refractivity contribution in [3.63, 3.8) is 0 Å². The number of halogens is 3. The van der Waals surface area contributed by atoms with Crippen LogP contribution in [0.3, 0.4) is 0 Å². The van der Waals surface area contributed by atoms with Crippen LogP contribution in [0.4, 0.5) is 18.9 Å². The third kappa shape index (κ3) is 7.81. The fourth-order valence-electron chi connectivity index (χ4n) is 4.12. The Labute approximate surface area is 235 Å². The molecule has 0 radical (unpaired) electrons. The van der Waals surface area contributed by atoms with Gasteiger partial charge < -0.3 is 20.1 Å². The summed E-state index contributed by atoms with van der Waals surface area (Å²) in [6.07, 6.45) is 3.36. The third-order valence-corrected chi connectivity index (χ3v) is 6.68. The van der Waals surface area contributed by atoms with Gasteiger partial charge in [0.05, 0.1) is 12.7 Å². The van der Waals surface area contributed by atoms with Crippen molar-refractivity contribution in [3.8, 4) is 11.5 Å². The predicted molar refractivity (Wildman–Crippen MR) is 152 cm³/mol. The second-order valence-corrected chi connectivity index (χ2v) is 10.3. The molecular formula is C30H30F3N3O3S. The number of benzene rings is 3. The number of anilines is 1. The zero-order valence-electron chi connectivity index (χ0n) is 22.3. The van der Waals surface area contributed by atoms with Crippen LogP contribution in [-0.4, -0.2) is 29.1 Å². The fraction of sp³-hybridized carbons (Fsp3) is 0.267. The maximum Gasteiger partial charge on any atom is 0.446 e. The SMILES string of the molecule is CCOc1cc(C(Nc2ccc3cnccc3c2)C(=O)NCc2ccccc2SC(F)(F)F)ccc1OC(C)C. The predicted octanol–water partition coefficient (Wildman–Crippen LogP) is 7.50. The number of hydrogen-bond donors (Lipinski definition) is 2. The largest absolute Gasteiger partial charge is 0.490 e. The maximum atomic E-state index is 13.6. The Kier molecular flexibility index (Phi) is 9.42. The van der Waals surface area contributed by atoms with E-state index in [1.165, 1.54) is 12.1 Å². The minimum atomic E-state index is -4.44. The molecule has 6 nitrogen and oxygen atoms in total. The van der Waals surface area contributed by atoms with E-state index in [0.29, 0.717) is 34.9 Å². The van der Waals surface area contributed by atoms with Gasteiger partial charge >= 0.3 is 5.51 Å². The molecule has 0 aliphatic rings. The second-order valence-electron chi connectivity index (χ2n) is 9.19. The molecule has 4 aromatic rings. The Hall–Kier alpha value is -3.92. The minimum Gasteiger partial charge on any atom is -0.490 e. The number of ether oxygens (including phenoxy) is 2. The van der Waals surface area contributed by atoms with Crippen LogP contribution in [-0.2, 0) is 11.3 Å². The quantitative estimate of drug-likeness (QED) is 0.182. The van der Waals surface area contributed by atoms with Crippen LogP contribution in [0.1, 0.15) is 37.9 Å². The molecule has 0 fully saturated rings. The van der Waals surface area contributed by atoms with Gasteiger partial charge in [0.15, 0.2) is 11.5 Å². The topological polar surface area (TPSA) is 72.5 Å². The van der Waals surface area contributed by atoms with Crippen molar-refractivity contribution in [1.82, 2.24) is 10.3 Å². The fourth-order valence-corrected chi connectivity index (χ4v) is 4.79. The van der Waals surface area contributed by atoms with Crippen LogP contribution in [0.15, 0.2) is 84.0 Å². The third-order valence-electron chi connectivity index (χ3n) is 5.83. The molecule has 3 aromatic carbocycles. The maximum absolute atomic E-state index is 13.6. The molecule has 0 aliphatic heterocycles. The standard InChI is InChI=1S/C30H30F3N3O3S/c1-4-38-26-16-21(10-12-25(26)39-19(2)3)28(36-24-11-9-22-17-34-14-13-20(22)15-24)29(37)35-18-23-7-5-6-8-27(23)40-30(31,32)33/h5-17,19,28,36H,4,18H2,1-3H3,(H,35,37). The van der Waals surface area contributed by atoms with E-state index in [1.54, 1.807) is 42.7 Å². The lowest BCUT2D eigenvalue weighted by Gasteiger charge is -2.23. The van der Waals surface area contributed by atoms with Gasteiger partial charge in [0, 0.05) is 34.9 Å². The van der Waals surface area contributed by atoms with E-state index in [1.807, 2.05) is 45.0 Å². The smallest absolute Gasteiger partial charge is 0.446 e. The molecule has 0 saturated carbocycles. The minimum absolute atomic E-state index is 0.0387. The number of nitrogens with zero attached hydrogens (tertiary/aromatic N) is 1. The molecule has 0 bridgehead atoms. The molecule has 0 aliphatic carbocycles. The number of amides is 1. The van der Waals surface area contributed by atoms with Crippen LogP contribution in [0.25, 0.3) is 10.8 Å². The van der Waals surface area contributed by atoms with Gasteiger partial charge in [0.1, 0.15) is 6.04 Å². The highest BCUT2D eigenvalue weighted by Crippen LogP contribution is 2.38. The molecule has 4 rings (SSSR count). The molecule has 210 valence electrons. The number of pyridine rings is 1. The first-order valence-corrected chi connectivity index (χ1v) is 13.6. The number of nitrogens with one attached hydrogen (secondary N) is 2. The highest BCUT2D eigenvalue weighted by atomic mass is 32.2. The van der Waals surface area contributed by atoms with Gasteiger partial charge in [-0.15, -0.1) is 0 Å². The van der Waals surface area contributed by atoms with Crippen molar-refractivity contribution in [2.75, 3.05) is 11.9 Å². The number of aromatic nitrogens is 1. The van der Waals surface area contributed by atoms with Crippen LogP contribution >= 0.6 is 11.8 Å². The summed E-state index contributed by atoms with van der Waals surface area (Å²) in [4.78, 5) is 17.8. The van der Waals surface area contributed by atoms with E-state index in [0.717, 1.165) is 10.8 Å². The first-order valence-electron chi connectivity index (χ1n) is 12.8.